The smallest absolute Gasteiger partial charge is 0.341 e. The third kappa shape index (κ3) is 3.75. The standard InChI is InChI=1S/C21H18N6O5/c1-32-20(30)21(31)10-27(11-21)16-5-4-14-15(26-16)9-24-17(18(14)28)19(29)25-8-12-2-3-13(6-22)23-7-12/h2-5,7,9,28,31H,8,10-11H2,1H3,(H,25,29). The van der Waals surface area contributed by atoms with E-state index in [2.05, 4.69) is 25.0 Å². The molecule has 0 saturated carbocycles. The van der Waals surface area contributed by atoms with Gasteiger partial charge in [-0.05, 0) is 23.8 Å². The Balaban J connectivity index is 1.48. The Morgan fingerprint density at radius 1 is 1.25 bits per heavy atom. The minimum Gasteiger partial charge on any atom is -0.505 e. The van der Waals surface area contributed by atoms with Crippen LogP contribution in [0.25, 0.3) is 10.9 Å². The van der Waals surface area contributed by atoms with Crippen LogP contribution in [0.4, 0.5) is 5.82 Å². The lowest BCUT2D eigenvalue weighted by atomic mass is 9.94. The number of hydrogen-bond acceptors (Lipinski definition) is 10. The first kappa shape index (κ1) is 21.0. The van der Waals surface area contributed by atoms with Gasteiger partial charge in [0.25, 0.3) is 5.91 Å². The lowest BCUT2D eigenvalue weighted by Gasteiger charge is -2.44. The number of anilines is 1. The quantitative estimate of drug-likeness (QED) is 0.475. The van der Waals surface area contributed by atoms with Gasteiger partial charge in [-0.25, -0.2) is 19.7 Å². The number of β-amino-alcohol motifs (C(OH)–C–C–N with tert-alkyl or cyclic N) is 1. The molecule has 0 atom stereocenters. The zero-order valence-electron chi connectivity index (χ0n) is 16.9. The maximum atomic E-state index is 12.5. The van der Waals surface area contributed by atoms with Crippen molar-refractivity contribution in [3.05, 3.63) is 53.6 Å². The number of hydrogen-bond donors (Lipinski definition) is 3. The van der Waals surface area contributed by atoms with Crippen LogP contribution >= 0.6 is 0 Å². The molecule has 4 rings (SSSR count). The Labute approximate surface area is 181 Å². The van der Waals surface area contributed by atoms with Gasteiger partial charge in [-0.15, -0.1) is 0 Å². The van der Waals surface area contributed by atoms with Crippen LogP contribution in [0.3, 0.4) is 0 Å². The number of aromatic hydroxyl groups is 1. The van der Waals surface area contributed by atoms with E-state index < -0.39 is 17.5 Å². The van der Waals surface area contributed by atoms with Gasteiger partial charge < -0.3 is 25.2 Å². The SMILES string of the molecule is COC(=O)C1(O)CN(c2ccc3c(O)c(C(=O)NCc4ccc(C#N)nc4)ncc3n2)C1. The molecule has 0 bridgehead atoms. The summed E-state index contributed by atoms with van der Waals surface area (Å²) in [7, 11) is 1.21. The highest BCUT2D eigenvalue weighted by Gasteiger charge is 2.49. The normalized spacial score (nSPS) is 14.3. The minimum absolute atomic E-state index is 0.0300. The molecule has 1 aliphatic heterocycles. The average molecular weight is 434 g/mol. The monoisotopic (exact) mass is 434 g/mol. The fourth-order valence-electron chi connectivity index (χ4n) is 3.35. The van der Waals surface area contributed by atoms with E-state index in [4.69, 9.17) is 5.26 Å². The minimum atomic E-state index is -1.57. The van der Waals surface area contributed by atoms with Crippen molar-refractivity contribution in [1.29, 1.82) is 5.26 Å². The Kier molecular flexibility index (Phi) is 5.29. The maximum Gasteiger partial charge on any atom is 0.341 e. The number of pyridine rings is 3. The summed E-state index contributed by atoms with van der Waals surface area (Å²) in [4.78, 5) is 38.1. The molecule has 3 aromatic rings. The van der Waals surface area contributed by atoms with Gasteiger partial charge in [0.15, 0.2) is 17.0 Å². The van der Waals surface area contributed by atoms with E-state index in [9.17, 15) is 19.8 Å². The van der Waals surface area contributed by atoms with Crippen molar-refractivity contribution in [2.45, 2.75) is 12.1 Å². The van der Waals surface area contributed by atoms with Crippen molar-refractivity contribution in [2.24, 2.45) is 0 Å². The highest BCUT2D eigenvalue weighted by Crippen LogP contribution is 2.31. The fraction of sp³-hybridized carbons (Fsp3) is 0.238. The van der Waals surface area contributed by atoms with E-state index >= 15 is 0 Å². The van der Waals surface area contributed by atoms with Gasteiger partial charge in [-0.3, -0.25) is 4.79 Å². The molecule has 3 aromatic heterocycles. The molecule has 0 radical (unpaired) electrons. The third-order valence-corrected chi connectivity index (χ3v) is 5.11. The molecule has 1 amide bonds. The van der Waals surface area contributed by atoms with Crippen molar-refractivity contribution in [3.8, 4) is 11.8 Å². The van der Waals surface area contributed by atoms with Gasteiger partial charge in [-0.1, -0.05) is 6.07 Å². The van der Waals surface area contributed by atoms with Crippen molar-refractivity contribution < 1.29 is 24.5 Å². The maximum absolute atomic E-state index is 12.5. The number of carbonyl (C=O) groups is 2. The van der Waals surface area contributed by atoms with Crippen molar-refractivity contribution in [1.82, 2.24) is 20.3 Å². The molecule has 0 aliphatic carbocycles. The summed E-state index contributed by atoms with van der Waals surface area (Å²) in [5.41, 5.74) is -0.420. The second kappa shape index (κ2) is 8.09. The number of aliphatic hydroxyl groups is 1. The number of aromatic nitrogens is 3. The van der Waals surface area contributed by atoms with Crippen molar-refractivity contribution in [2.75, 3.05) is 25.1 Å². The van der Waals surface area contributed by atoms with Crippen molar-refractivity contribution >= 4 is 28.6 Å². The topological polar surface area (TPSA) is 162 Å². The number of fused-ring (bicyclic) bond motifs is 1. The number of amides is 1. The molecule has 4 heterocycles. The molecule has 11 nitrogen and oxygen atoms in total. The summed E-state index contributed by atoms with van der Waals surface area (Å²) in [5.74, 6) is -1.12. The second-order valence-corrected chi connectivity index (χ2v) is 7.28. The highest BCUT2D eigenvalue weighted by atomic mass is 16.5. The van der Waals surface area contributed by atoms with E-state index in [-0.39, 0.29) is 36.8 Å². The third-order valence-electron chi connectivity index (χ3n) is 5.11. The zero-order valence-corrected chi connectivity index (χ0v) is 16.9. The van der Waals surface area contributed by atoms with Crippen LogP contribution in [0.1, 0.15) is 21.7 Å². The van der Waals surface area contributed by atoms with Gasteiger partial charge in [0.1, 0.15) is 17.6 Å². The summed E-state index contributed by atoms with van der Waals surface area (Å²) in [6.45, 7) is 0.205. The number of esters is 1. The number of methoxy groups -OCH3 is 1. The average Bonchev–Trinajstić information content (AvgIpc) is 2.80. The fourth-order valence-corrected chi connectivity index (χ4v) is 3.35. The van der Waals surface area contributed by atoms with Crippen LogP contribution in [0, 0.1) is 11.3 Å². The summed E-state index contributed by atoms with van der Waals surface area (Å²) in [5, 5.41) is 32.5. The molecule has 0 unspecified atom stereocenters. The molecule has 11 heteroatoms. The Hall–Kier alpha value is -4.30. The van der Waals surface area contributed by atoms with E-state index in [1.165, 1.54) is 19.5 Å². The number of carbonyl (C=O) groups excluding carboxylic acids is 2. The summed E-state index contributed by atoms with van der Waals surface area (Å²) < 4.78 is 4.59. The molecule has 0 aromatic carbocycles. The van der Waals surface area contributed by atoms with Gasteiger partial charge in [0, 0.05) is 18.1 Å². The Bertz CT molecular complexity index is 1250. The molecule has 0 spiro atoms. The predicted molar refractivity (Wildman–Crippen MR) is 111 cm³/mol. The van der Waals surface area contributed by atoms with Crippen LogP contribution in [-0.2, 0) is 16.1 Å². The predicted octanol–water partition coefficient (Wildman–Crippen LogP) is 0.256. The van der Waals surface area contributed by atoms with Crippen LogP contribution < -0.4 is 10.2 Å². The van der Waals surface area contributed by atoms with Gasteiger partial charge in [0.05, 0.1) is 31.9 Å². The number of rotatable bonds is 5. The van der Waals surface area contributed by atoms with Gasteiger partial charge >= 0.3 is 5.97 Å². The lowest BCUT2D eigenvalue weighted by Crippen LogP contribution is -2.66. The summed E-state index contributed by atoms with van der Waals surface area (Å²) in [6.07, 6.45) is 2.85. The van der Waals surface area contributed by atoms with Crippen LogP contribution in [-0.4, -0.2) is 62.8 Å². The van der Waals surface area contributed by atoms with Crippen LogP contribution in [0.2, 0.25) is 0 Å². The zero-order chi connectivity index (χ0) is 22.9. The Morgan fingerprint density at radius 2 is 2.03 bits per heavy atom. The first-order chi connectivity index (χ1) is 15.3. The number of nitrogens with zero attached hydrogens (tertiary/aromatic N) is 5. The number of ether oxygens (including phenoxy) is 1. The molecule has 32 heavy (non-hydrogen) atoms. The van der Waals surface area contributed by atoms with E-state index in [0.717, 1.165) is 0 Å². The lowest BCUT2D eigenvalue weighted by molar-refractivity contribution is -0.164. The number of nitrogens with one attached hydrogen (secondary N) is 1. The first-order valence-corrected chi connectivity index (χ1v) is 9.52. The highest BCUT2D eigenvalue weighted by molar-refractivity contribution is 6.00. The molecule has 162 valence electrons. The molecule has 1 fully saturated rings. The summed E-state index contributed by atoms with van der Waals surface area (Å²) >= 11 is 0. The van der Waals surface area contributed by atoms with Gasteiger partial charge in [-0.2, -0.15) is 5.26 Å². The molecule has 3 N–H and O–H groups in total. The van der Waals surface area contributed by atoms with E-state index in [1.54, 1.807) is 29.2 Å². The molecular weight excluding hydrogens is 416 g/mol. The van der Waals surface area contributed by atoms with Crippen LogP contribution in [0.5, 0.6) is 5.75 Å². The Morgan fingerprint density at radius 3 is 2.69 bits per heavy atom. The van der Waals surface area contributed by atoms with E-state index in [0.29, 0.717) is 22.3 Å². The first-order valence-electron chi connectivity index (χ1n) is 9.52. The van der Waals surface area contributed by atoms with Crippen molar-refractivity contribution in [3.63, 3.8) is 0 Å². The molecular formula is C21H18N6O5. The largest absolute Gasteiger partial charge is 0.505 e. The second-order valence-electron chi connectivity index (χ2n) is 7.28. The van der Waals surface area contributed by atoms with Gasteiger partial charge in [0.2, 0.25) is 0 Å². The molecule has 1 saturated heterocycles. The van der Waals surface area contributed by atoms with E-state index in [1.807, 2.05) is 6.07 Å². The number of nitriles is 1. The molecule has 1 aliphatic rings. The summed E-state index contributed by atoms with van der Waals surface area (Å²) in [6, 6.07) is 8.33. The van der Waals surface area contributed by atoms with Crippen LogP contribution in [0.15, 0.2) is 36.7 Å².